The highest BCUT2D eigenvalue weighted by Gasteiger charge is 2.09. The number of carboxylic acid groups (broad SMARTS) is 1. The van der Waals surface area contributed by atoms with Gasteiger partial charge in [-0.2, -0.15) is 5.10 Å². The summed E-state index contributed by atoms with van der Waals surface area (Å²) in [5.74, 6) is -0.976. The third-order valence-electron chi connectivity index (χ3n) is 2.51. The normalized spacial score (nSPS) is 11.7. The largest absolute Gasteiger partial charge is 0.493 e. The zero-order valence-electron chi connectivity index (χ0n) is 10.9. The van der Waals surface area contributed by atoms with Gasteiger partial charge >= 0.3 is 5.97 Å². The summed E-state index contributed by atoms with van der Waals surface area (Å²) in [5.41, 5.74) is 11.0. The molecule has 0 bridgehead atoms. The molecule has 1 atom stereocenters. The van der Waals surface area contributed by atoms with Crippen LogP contribution in [0.4, 0.5) is 0 Å². The van der Waals surface area contributed by atoms with E-state index >= 15 is 0 Å². The van der Waals surface area contributed by atoms with Crippen molar-refractivity contribution in [1.29, 1.82) is 0 Å². The maximum absolute atomic E-state index is 10.1. The highest BCUT2D eigenvalue weighted by atomic mass is 16.4. The molecule has 0 saturated heterocycles. The molecular weight excluding hydrogens is 264 g/mol. The van der Waals surface area contributed by atoms with Gasteiger partial charge in [-0.15, -0.1) is 0 Å². The third-order valence-corrected chi connectivity index (χ3v) is 2.51. The molecule has 0 radical (unpaired) electrons. The van der Waals surface area contributed by atoms with Crippen LogP contribution in [0.2, 0.25) is 0 Å². The maximum Gasteiger partial charge on any atom is 0.320 e. The summed E-state index contributed by atoms with van der Waals surface area (Å²) in [5, 5.41) is 24.2. The number of carboxylic acids is 1. The number of nitrogens with two attached hydrogens (primary N) is 2. The SMILES string of the molecule is NCCCCC(N)C(=O)O.Oc1ncnc2[nH]ncc12. The molecule has 2 aromatic heterocycles. The van der Waals surface area contributed by atoms with Gasteiger partial charge in [0.2, 0.25) is 5.88 Å². The number of unbranched alkanes of at least 4 members (excludes halogenated alkanes) is 1. The van der Waals surface area contributed by atoms with Crippen LogP contribution >= 0.6 is 0 Å². The Labute approximate surface area is 115 Å². The van der Waals surface area contributed by atoms with Gasteiger partial charge in [0.05, 0.1) is 6.20 Å². The van der Waals surface area contributed by atoms with E-state index in [1.54, 1.807) is 0 Å². The van der Waals surface area contributed by atoms with Crippen LogP contribution in [-0.4, -0.2) is 48.9 Å². The Balaban J connectivity index is 0.000000200. The molecule has 1 unspecified atom stereocenters. The molecule has 0 aliphatic rings. The van der Waals surface area contributed by atoms with E-state index in [2.05, 4.69) is 20.2 Å². The van der Waals surface area contributed by atoms with Gasteiger partial charge in [-0.1, -0.05) is 6.42 Å². The minimum Gasteiger partial charge on any atom is -0.493 e. The lowest BCUT2D eigenvalue weighted by molar-refractivity contribution is -0.138. The molecule has 2 aromatic rings. The predicted octanol–water partition coefficient (Wildman–Crippen LogP) is -0.414. The molecule has 0 saturated carbocycles. The fourth-order valence-corrected chi connectivity index (χ4v) is 1.38. The van der Waals surface area contributed by atoms with E-state index in [9.17, 15) is 4.79 Å². The number of fused-ring (bicyclic) bond motifs is 1. The van der Waals surface area contributed by atoms with Gasteiger partial charge < -0.3 is 21.7 Å². The molecule has 20 heavy (non-hydrogen) atoms. The Hall–Kier alpha value is -2.26. The van der Waals surface area contributed by atoms with Gasteiger partial charge in [0.1, 0.15) is 17.8 Å². The van der Waals surface area contributed by atoms with Crippen LogP contribution < -0.4 is 11.5 Å². The predicted molar refractivity (Wildman–Crippen MR) is 71.9 cm³/mol. The van der Waals surface area contributed by atoms with Gasteiger partial charge in [-0.05, 0) is 19.4 Å². The second kappa shape index (κ2) is 8.02. The lowest BCUT2D eigenvalue weighted by Gasteiger charge is -2.03. The van der Waals surface area contributed by atoms with Crippen molar-refractivity contribution in [3.8, 4) is 5.88 Å². The molecule has 7 N–H and O–H groups in total. The molecule has 9 nitrogen and oxygen atoms in total. The van der Waals surface area contributed by atoms with E-state index in [0.717, 1.165) is 12.8 Å². The number of carbonyl (C=O) groups is 1. The first kappa shape index (κ1) is 15.8. The van der Waals surface area contributed by atoms with Crippen LogP contribution in [0.25, 0.3) is 11.0 Å². The van der Waals surface area contributed by atoms with Crippen LogP contribution in [0.15, 0.2) is 12.5 Å². The van der Waals surface area contributed by atoms with E-state index in [1.807, 2.05) is 0 Å². The van der Waals surface area contributed by atoms with Crippen LogP contribution in [0.1, 0.15) is 19.3 Å². The number of nitrogens with one attached hydrogen (secondary N) is 1. The molecule has 2 rings (SSSR count). The number of aromatic nitrogens is 4. The van der Waals surface area contributed by atoms with Crippen molar-refractivity contribution in [2.75, 3.05) is 6.54 Å². The maximum atomic E-state index is 10.1. The minimum atomic E-state index is -0.933. The Bertz CT molecular complexity index is 544. The molecular formula is C11H18N6O3. The van der Waals surface area contributed by atoms with Gasteiger partial charge in [0, 0.05) is 0 Å². The van der Waals surface area contributed by atoms with E-state index in [-0.39, 0.29) is 5.88 Å². The van der Waals surface area contributed by atoms with Crippen molar-refractivity contribution in [1.82, 2.24) is 20.2 Å². The topological polar surface area (TPSA) is 164 Å². The Morgan fingerprint density at radius 2 is 2.15 bits per heavy atom. The molecule has 0 fully saturated rings. The molecule has 0 aromatic carbocycles. The second-order valence-corrected chi connectivity index (χ2v) is 4.06. The Kier molecular flexibility index (Phi) is 6.33. The highest BCUT2D eigenvalue weighted by Crippen LogP contribution is 2.15. The number of aromatic amines is 1. The number of aliphatic carboxylic acids is 1. The van der Waals surface area contributed by atoms with Crippen LogP contribution in [-0.2, 0) is 4.79 Å². The van der Waals surface area contributed by atoms with Crippen molar-refractivity contribution in [3.05, 3.63) is 12.5 Å². The zero-order chi connectivity index (χ0) is 15.0. The monoisotopic (exact) mass is 282 g/mol. The second-order valence-electron chi connectivity index (χ2n) is 4.06. The van der Waals surface area contributed by atoms with Crippen molar-refractivity contribution in [2.24, 2.45) is 11.5 Å². The van der Waals surface area contributed by atoms with E-state index in [0.29, 0.717) is 24.0 Å². The van der Waals surface area contributed by atoms with Gasteiger partial charge in [-0.3, -0.25) is 9.89 Å². The van der Waals surface area contributed by atoms with Crippen LogP contribution in [0, 0.1) is 0 Å². The number of rotatable bonds is 5. The Morgan fingerprint density at radius 3 is 2.75 bits per heavy atom. The minimum absolute atomic E-state index is 0.0428. The molecule has 0 aliphatic carbocycles. The third kappa shape index (κ3) is 4.78. The van der Waals surface area contributed by atoms with Gasteiger partial charge in [0.25, 0.3) is 0 Å². The summed E-state index contributed by atoms with van der Waals surface area (Å²) in [4.78, 5) is 17.5. The Morgan fingerprint density at radius 1 is 1.40 bits per heavy atom. The lowest BCUT2D eigenvalue weighted by Crippen LogP contribution is -2.29. The quantitative estimate of drug-likeness (QED) is 0.461. The first-order chi connectivity index (χ1) is 9.56. The van der Waals surface area contributed by atoms with E-state index in [1.165, 1.54) is 12.5 Å². The van der Waals surface area contributed by atoms with Gasteiger partial charge in [0.15, 0.2) is 5.65 Å². The zero-order valence-corrected chi connectivity index (χ0v) is 10.9. The molecule has 0 spiro atoms. The number of nitrogens with zero attached hydrogens (tertiary/aromatic N) is 3. The number of H-pyrrole nitrogens is 1. The van der Waals surface area contributed by atoms with Crippen LogP contribution in [0.3, 0.4) is 0 Å². The summed E-state index contributed by atoms with van der Waals surface area (Å²) >= 11 is 0. The number of hydrogen-bond donors (Lipinski definition) is 5. The first-order valence-electron chi connectivity index (χ1n) is 6.07. The van der Waals surface area contributed by atoms with E-state index in [4.69, 9.17) is 21.7 Å². The van der Waals surface area contributed by atoms with E-state index < -0.39 is 12.0 Å². The highest BCUT2D eigenvalue weighted by molar-refractivity contribution is 5.78. The average molecular weight is 282 g/mol. The number of aromatic hydroxyl groups is 1. The number of hydrogen-bond acceptors (Lipinski definition) is 7. The summed E-state index contributed by atoms with van der Waals surface area (Å²) in [6.07, 6.45) is 4.91. The van der Waals surface area contributed by atoms with Crippen molar-refractivity contribution >= 4 is 17.0 Å². The molecule has 0 aliphatic heterocycles. The smallest absolute Gasteiger partial charge is 0.320 e. The van der Waals surface area contributed by atoms with Crippen LogP contribution in [0.5, 0.6) is 5.88 Å². The van der Waals surface area contributed by atoms with Gasteiger partial charge in [-0.25, -0.2) is 9.97 Å². The fraction of sp³-hybridized carbons (Fsp3) is 0.455. The standard InChI is InChI=1S/C6H14N2O2.C5H4N4O/c7-4-2-1-3-5(8)6(9)10;10-5-3-1-8-9-4(3)6-2-7-5/h5H,1-4,7-8H2,(H,9,10);1-2H,(H2,6,7,8,9,10). The fourth-order valence-electron chi connectivity index (χ4n) is 1.38. The molecule has 110 valence electrons. The van der Waals surface area contributed by atoms with Crippen molar-refractivity contribution in [2.45, 2.75) is 25.3 Å². The molecule has 9 heteroatoms. The molecule has 2 heterocycles. The summed E-state index contributed by atoms with van der Waals surface area (Å²) in [6, 6.07) is -0.716. The van der Waals surface area contributed by atoms with Crippen molar-refractivity contribution in [3.63, 3.8) is 0 Å². The van der Waals surface area contributed by atoms with Crippen molar-refractivity contribution < 1.29 is 15.0 Å². The lowest BCUT2D eigenvalue weighted by atomic mass is 10.1. The summed E-state index contributed by atoms with van der Waals surface area (Å²) in [6.45, 7) is 0.604. The first-order valence-corrected chi connectivity index (χ1v) is 6.07. The summed E-state index contributed by atoms with van der Waals surface area (Å²) < 4.78 is 0. The molecule has 0 amide bonds. The average Bonchev–Trinajstić information content (AvgIpc) is 2.89. The summed E-state index contributed by atoms with van der Waals surface area (Å²) in [7, 11) is 0.